The van der Waals surface area contributed by atoms with Crippen molar-refractivity contribution in [3.63, 3.8) is 0 Å². The summed E-state index contributed by atoms with van der Waals surface area (Å²) in [6, 6.07) is 5.64. The standard InChI is InChI=1S/C16H20N2O4S2/c1-2-3-9-24(19,20)18-16-17-13(11-23-16)12-5-6-14-15(10-12)22-8-4-7-21-14/h5-6,10-11H,2-4,7-9H2,1H3,(H,17,18). The molecule has 0 fully saturated rings. The number of benzene rings is 1. The predicted octanol–water partition coefficient (Wildman–Crippen LogP) is 3.51. The van der Waals surface area contributed by atoms with E-state index in [1.165, 1.54) is 11.3 Å². The van der Waals surface area contributed by atoms with Crippen molar-refractivity contribution in [3.8, 4) is 22.8 Å². The average molecular weight is 368 g/mol. The van der Waals surface area contributed by atoms with Crippen LogP contribution < -0.4 is 14.2 Å². The summed E-state index contributed by atoms with van der Waals surface area (Å²) in [5, 5.41) is 2.21. The maximum atomic E-state index is 12.0. The average Bonchev–Trinajstić information content (AvgIpc) is 2.88. The number of unbranched alkanes of at least 4 members (excludes halogenated alkanes) is 1. The van der Waals surface area contributed by atoms with Crippen molar-refractivity contribution < 1.29 is 17.9 Å². The van der Waals surface area contributed by atoms with E-state index in [1.54, 1.807) is 0 Å². The van der Waals surface area contributed by atoms with E-state index in [0.717, 1.165) is 24.2 Å². The number of sulfonamides is 1. The topological polar surface area (TPSA) is 77.5 Å². The first-order valence-corrected chi connectivity index (χ1v) is 10.5. The van der Waals surface area contributed by atoms with Gasteiger partial charge in [-0.2, -0.15) is 0 Å². The van der Waals surface area contributed by atoms with Crippen molar-refractivity contribution in [2.24, 2.45) is 0 Å². The Bertz CT molecular complexity index is 802. The molecular formula is C16H20N2O4S2. The summed E-state index contributed by atoms with van der Waals surface area (Å²) in [6.07, 6.45) is 2.32. The van der Waals surface area contributed by atoms with E-state index >= 15 is 0 Å². The van der Waals surface area contributed by atoms with Crippen molar-refractivity contribution >= 4 is 26.5 Å². The first-order chi connectivity index (χ1) is 11.6. The summed E-state index contributed by atoms with van der Waals surface area (Å²) in [7, 11) is -3.33. The van der Waals surface area contributed by atoms with E-state index in [1.807, 2.05) is 30.5 Å². The predicted molar refractivity (Wildman–Crippen MR) is 95.5 cm³/mol. The summed E-state index contributed by atoms with van der Waals surface area (Å²) in [5.74, 6) is 1.54. The molecule has 130 valence electrons. The van der Waals surface area contributed by atoms with E-state index in [2.05, 4.69) is 9.71 Å². The van der Waals surface area contributed by atoms with Crippen LogP contribution in [0.4, 0.5) is 5.13 Å². The van der Waals surface area contributed by atoms with Gasteiger partial charge in [-0.15, -0.1) is 11.3 Å². The lowest BCUT2D eigenvalue weighted by molar-refractivity contribution is 0.297. The Kier molecular flexibility index (Phi) is 5.25. The van der Waals surface area contributed by atoms with Gasteiger partial charge in [0, 0.05) is 17.4 Å². The van der Waals surface area contributed by atoms with Crippen LogP contribution in [0.25, 0.3) is 11.3 Å². The van der Waals surface area contributed by atoms with Gasteiger partial charge in [0.1, 0.15) is 0 Å². The van der Waals surface area contributed by atoms with Gasteiger partial charge in [-0.1, -0.05) is 13.3 Å². The van der Waals surface area contributed by atoms with Crippen LogP contribution in [0.15, 0.2) is 23.6 Å². The molecule has 0 saturated carbocycles. The van der Waals surface area contributed by atoms with Gasteiger partial charge in [-0.05, 0) is 24.6 Å². The number of hydrogen-bond donors (Lipinski definition) is 1. The number of hydrogen-bond acceptors (Lipinski definition) is 6. The second-order valence-corrected chi connectivity index (χ2v) is 8.22. The van der Waals surface area contributed by atoms with Crippen LogP contribution in [0.3, 0.4) is 0 Å². The molecule has 1 aliphatic heterocycles. The van der Waals surface area contributed by atoms with Crippen LogP contribution in [0, 0.1) is 0 Å². The van der Waals surface area contributed by atoms with E-state index < -0.39 is 10.0 Å². The Hall–Kier alpha value is -1.80. The summed E-state index contributed by atoms with van der Waals surface area (Å²) in [4.78, 5) is 4.38. The summed E-state index contributed by atoms with van der Waals surface area (Å²) in [5.41, 5.74) is 1.58. The molecule has 2 aromatic rings. The van der Waals surface area contributed by atoms with Gasteiger partial charge in [0.15, 0.2) is 16.6 Å². The number of nitrogens with one attached hydrogen (secondary N) is 1. The van der Waals surface area contributed by atoms with Crippen molar-refractivity contribution in [1.82, 2.24) is 4.98 Å². The fourth-order valence-electron chi connectivity index (χ4n) is 2.29. The third-order valence-corrected chi connectivity index (χ3v) is 5.77. The molecule has 3 rings (SSSR count). The zero-order valence-corrected chi connectivity index (χ0v) is 15.1. The van der Waals surface area contributed by atoms with Crippen LogP contribution in [-0.2, 0) is 10.0 Å². The number of anilines is 1. The molecule has 0 radical (unpaired) electrons. The molecule has 0 saturated heterocycles. The second kappa shape index (κ2) is 7.40. The Morgan fingerprint density at radius 2 is 2.04 bits per heavy atom. The molecule has 0 bridgehead atoms. The number of thiazole rings is 1. The lowest BCUT2D eigenvalue weighted by atomic mass is 10.1. The lowest BCUT2D eigenvalue weighted by Crippen LogP contribution is -2.16. The minimum absolute atomic E-state index is 0.114. The van der Waals surface area contributed by atoms with Crippen LogP contribution in [0.2, 0.25) is 0 Å². The Labute approximate surface area is 145 Å². The maximum Gasteiger partial charge on any atom is 0.234 e. The maximum absolute atomic E-state index is 12.0. The molecule has 0 atom stereocenters. The van der Waals surface area contributed by atoms with E-state index in [9.17, 15) is 8.42 Å². The van der Waals surface area contributed by atoms with E-state index in [-0.39, 0.29) is 5.75 Å². The molecule has 24 heavy (non-hydrogen) atoms. The lowest BCUT2D eigenvalue weighted by Gasteiger charge is -2.08. The van der Waals surface area contributed by atoms with Gasteiger partial charge in [0.05, 0.1) is 24.7 Å². The van der Waals surface area contributed by atoms with Gasteiger partial charge in [-0.3, -0.25) is 4.72 Å². The molecule has 1 aromatic carbocycles. The molecule has 1 aliphatic rings. The molecule has 0 amide bonds. The highest BCUT2D eigenvalue weighted by atomic mass is 32.2. The van der Waals surface area contributed by atoms with E-state index in [0.29, 0.717) is 36.2 Å². The number of rotatable bonds is 6. The van der Waals surface area contributed by atoms with Crippen molar-refractivity contribution in [2.45, 2.75) is 26.2 Å². The Morgan fingerprint density at radius 3 is 2.83 bits per heavy atom. The second-order valence-electron chi connectivity index (χ2n) is 5.52. The largest absolute Gasteiger partial charge is 0.490 e. The van der Waals surface area contributed by atoms with Crippen molar-refractivity contribution in [2.75, 3.05) is 23.7 Å². The van der Waals surface area contributed by atoms with Gasteiger partial charge in [0.25, 0.3) is 0 Å². The SMILES string of the molecule is CCCCS(=O)(=O)Nc1nc(-c2ccc3c(c2)OCCCO3)cs1. The smallest absolute Gasteiger partial charge is 0.234 e. The summed E-state index contributed by atoms with van der Waals surface area (Å²) in [6.45, 7) is 3.23. The molecule has 0 unspecified atom stereocenters. The summed E-state index contributed by atoms with van der Waals surface area (Å²) >= 11 is 1.27. The van der Waals surface area contributed by atoms with Crippen LogP contribution >= 0.6 is 11.3 Å². The molecule has 1 N–H and O–H groups in total. The van der Waals surface area contributed by atoms with Crippen molar-refractivity contribution in [1.29, 1.82) is 0 Å². The minimum Gasteiger partial charge on any atom is -0.490 e. The number of aromatic nitrogens is 1. The van der Waals surface area contributed by atoms with Gasteiger partial charge < -0.3 is 9.47 Å². The zero-order chi connectivity index (χ0) is 17.0. The number of fused-ring (bicyclic) bond motifs is 1. The fourth-order valence-corrected chi connectivity index (χ4v) is 4.51. The molecule has 6 nitrogen and oxygen atoms in total. The molecule has 2 heterocycles. The quantitative estimate of drug-likeness (QED) is 0.844. The Balaban J connectivity index is 1.77. The number of nitrogens with zero attached hydrogens (tertiary/aromatic N) is 1. The highest BCUT2D eigenvalue weighted by Crippen LogP contribution is 2.35. The first-order valence-electron chi connectivity index (χ1n) is 7.93. The van der Waals surface area contributed by atoms with Crippen LogP contribution in [0.5, 0.6) is 11.5 Å². The third kappa shape index (κ3) is 4.18. The first kappa shape index (κ1) is 17.0. The van der Waals surface area contributed by atoms with Crippen LogP contribution in [-0.4, -0.2) is 32.4 Å². The highest BCUT2D eigenvalue weighted by Gasteiger charge is 2.15. The fraction of sp³-hybridized carbons (Fsp3) is 0.438. The monoisotopic (exact) mass is 368 g/mol. The zero-order valence-electron chi connectivity index (χ0n) is 13.4. The van der Waals surface area contributed by atoms with Gasteiger partial charge >= 0.3 is 0 Å². The normalized spacial score (nSPS) is 14.2. The van der Waals surface area contributed by atoms with Gasteiger partial charge in [-0.25, -0.2) is 13.4 Å². The minimum atomic E-state index is -3.33. The molecular weight excluding hydrogens is 348 g/mol. The molecule has 0 aliphatic carbocycles. The van der Waals surface area contributed by atoms with Gasteiger partial charge in [0.2, 0.25) is 10.0 Å². The summed E-state index contributed by atoms with van der Waals surface area (Å²) < 4.78 is 37.7. The third-order valence-electron chi connectivity index (χ3n) is 3.56. The van der Waals surface area contributed by atoms with E-state index in [4.69, 9.17) is 9.47 Å². The highest BCUT2D eigenvalue weighted by molar-refractivity contribution is 7.92. The number of ether oxygens (including phenoxy) is 2. The Morgan fingerprint density at radius 1 is 1.25 bits per heavy atom. The van der Waals surface area contributed by atoms with Crippen LogP contribution in [0.1, 0.15) is 26.2 Å². The van der Waals surface area contributed by atoms with Crippen molar-refractivity contribution in [3.05, 3.63) is 23.6 Å². The molecule has 8 heteroatoms. The molecule has 1 aromatic heterocycles. The molecule has 0 spiro atoms.